The molecule has 1 N–H and O–H groups in total. The summed E-state index contributed by atoms with van der Waals surface area (Å²) < 4.78 is 26.6. The maximum Gasteiger partial charge on any atom is 0.246 e. The van der Waals surface area contributed by atoms with Crippen molar-refractivity contribution in [3.63, 3.8) is 0 Å². The van der Waals surface area contributed by atoms with Crippen molar-refractivity contribution in [2.24, 2.45) is 0 Å². The highest BCUT2D eigenvalue weighted by Gasteiger charge is 2.23. The van der Waals surface area contributed by atoms with Gasteiger partial charge < -0.3 is 10.2 Å². The fourth-order valence-electron chi connectivity index (χ4n) is 4.18. The molecule has 2 amide bonds. The smallest absolute Gasteiger partial charge is 0.246 e. The van der Waals surface area contributed by atoms with E-state index in [4.69, 9.17) is 0 Å². The van der Waals surface area contributed by atoms with Crippen molar-refractivity contribution in [3.8, 4) is 0 Å². The number of nitrogens with one attached hydrogen (secondary N) is 1. The first kappa shape index (κ1) is 26.6. The number of aryl methyl sites for hydroxylation is 1. The summed E-state index contributed by atoms with van der Waals surface area (Å²) in [5.41, 5.74) is 1.91. The average molecular weight is 498 g/mol. The van der Waals surface area contributed by atoms with E-state index in [-0.39, 0.29) is 22.8 Å². The molecule has 0 radical (unpaired) electrons. The molecule has 1 heterocycles. The summed E-state index contributed by atoms with van der Waals surface area (Å²) in [4.78, 5) is 26.9. The summed E-state index contributed by atoms with van der Waals surface area (Å²) in [6.07, 6.45) is 5.86. The van der Waals surface area contributed by atoms with E-state index >= 15 is 0 Å². The Bertz CT molecular complexity index is 1100. The first-order chi connectivity index (χ1) is 16.8. The van der Waals surface area contributed by atoms with Crippen LogP contribution in [0.25, 0.3) is 6.08 Å². The number of carbonyl (C=O) groups excluding carboxylic acids is 2. The first-order valence-electron chi connectivity index (χ1n) is 12.2. The van der Waals surface area contributed by atoms with Crippen LogP contribution in [0.4, 0.5) is 0 Å². The lowest BCUT2D eigenvalue weighted by Crippen LogP contribution is -2.46. The monoisotopic (exact) mass is 497 g/mol. The van der Waals surface area contributed by atoms with Crippen LogP contribution in [0.2, 0.25) is 0 Å². The van der Waals surface area contributed by atoms with Gasteiger partial charge in [0.2, 0.25) is 21.8 Å². The molecule has 8 heteroatoms. The Hall–Kier alpha value is -2.97. The molecule has 3 rings (SSSR count). The van der Waals surface area contributed by atoms with Gasteiger partial charge in [-0.3, -0.25) is 9.59 Å². The molecule has 7 nitrogen and oxygen atoms in total. The van der Waals surface area contributed by atoms with Crippen molar-refractivity contribution in [2.75, 3.05) is 26.2 Å². The van der Waals surface area contributed by atoms with E-state index in [1.807, 2.05) is 44.2 Å². The zero-order chi connectivity index (χ0) is 25.3. The topological polar surface area (TPSA) is 86.8 Å². The second-order valence-corrected chi connectivity index (χ2v) is 10.6. The van der Waals surface area contributed by atoms with Gasteiger partial charge in [-0.25, -0.2) is 8.42 Å². The van der Waals surface area contributed by atoms with E-state index in [0.717, 1.165) is 30.4 Å². The SMILES string of the molecule is CCN(CC)S(=O)(=O)c1ccc(C=CC(=O)N2CCC(NC(=O)CCc3ccccc3)CC2)cc1. The highest BCUT2D eigenvalue weighted by molar-refractivity contribution is 7.89. The summed E-state index contributed by atoms with van der Waals surface area (Å²) in [7, 11) is -3.49. The number of nitrogens with zero attached hydrogens (tertiary/aromatic N) is 2. The lowest BCUT2D eigenvalue weighted by Gasteiger charge is -2.31. The fraction of sp³-hybridized carbons (Fsp3) is 0.407. The third kappa shape index (κ3) is 7.50. The maximum absolute atomic E-state index is 12.6. The molecular formula is C27H35N3O4S. The third-order valence-corrected chi connectivity index (χ3v) is 8.36. The minimum Gasteiger partial charge on any atom is -0.353 e. The second kappa shape index (κ2) is 12.7. The molecule has 0 unspecified atom stereocenters. The Balaban J connectivity index is 1.45. The van der Waals surface area contributed by atoms with Crippen LogP contribution < -0.4 is 5.32 Å². The quantitative estimate of drug-likeness (QED) is 0.509. The number of hydrogen-bond acceptors (Lipinski definition) is 4. The molecule has 0 spiro atoms. The Morgan fingerprint density at radius 3 is 2.23 bits per heavy atom. The molecule has 35 heavy (non-hydrogen) atoms. The summed E-state index contributed by atoms with van der Waals surface area (Å²) in [5.74, 6) is -0.0383. The molecule has 2 aromatic carbocycles. The van der Waals surface area contributed by atoms with Crippen molar-refractivity contribution in [2.45, 2.75) is 50.5 Å². The Kier molecular flexibility index (Phi) is 9.63. The molecule has 1 aliphatic rings. The van der Waals surface area contributed by atoms with Crippen LogP contribution in [0.1, 0.15) is 44.2 Å². The van der Waals surface area contributed by atoms with Crippen molar-refractivity contribution in [1.29, 1.82) is 0 Å². The molecule has 0 aromatic heterocycles. The fourth-order valence-corrected chi connectivity index (χ4v) is 5.64. The minimum atomic E-state index is -3.49. The molecule has 0 atom stereocenters. The minimum absolute atomic E-state index is 0.0463. The molecule has 1 fully saturated rings. The van der Waals surface area contributed by atoms with E-state index in [1.165, 1.54) is 10.4 Å². The van der Waals surface area contributed by atoms with E-state index < -0.39 is 10.0 Å². The number of rotatable bonds is 10. The van der Waals surface area contributed by atoms with Gasteiger partial charge in [-0.05, 0) is 48.6 Å². The number of benzene rings is 2. The lowest BCUT2D eigenvalue weighted by atomic mass is 10.0. The number of amides is 2. The van der Waals surface area contributed by atoms with Crippen LogP contribution >= 0.6 is 0 Å². The molecule has 0 saturated carbocycles. The molecule has 0 bridgehead atoms. The second-order valence-electron chi connectivity index (χ2n) is 8.64. The largest absolute Gasteiger partial charge is 0.353 e. The number of piperidine rings is 1. The number of sulfonamides is 1. The first-order valence-corrected chi connectivity index (χ1v) is 13.7. The maximum atomic E-state index is 12.6. The molecule has 188 valence electrons. The van der Waals surface area contributed by atoms with Gasteiger partial charge in [0.1, 0.15) is 0 Å². The molecule has 0 aliphatic carbocycles. The van der Waals surface area contributed by atoms with Crippen LogP contribution in [0, 0.1) is 0 Å². The van der Waals surface area contributed by atoms with Crippen LogP contribution in [0.5, 0.6) is 0 Å². The zero-order valence-electron chi connectivity index (χ0n) is 20.5. The Labute approximate surface area is 208 Å². The van der Waals surface area contributed by atoms with Crippen LogP contribution in [0.3, 0.4) is 0 Å². The van der Waals surface area contributed by atoms with Crippen molar-refractivity contribution in [3.05, 3.63) is 71.8 Å². The third-order valence-electron chi connectivity index (χ3n) is 6.30. The molecule has 1 saturated heterocycles. The van der Waals surface area contributed by atoms with E-state index in [9.17, 15) is 18.0 Å². The predicted molar refractivity (Wildman–Crippen MR) is 138 cm³/mol. The number of likely N-dealkylation sites (tertiary alicyclic amines) is 1. The van der Waals surface area contributed by atoms with Gasteiger partial charge in [0.05, 0.1) is 4.90 Å². The normalized spacial score (nSPS) is 15.0. The van der Waals surface area contributed by atoms with Gasteiger partial charge in [-0.1, -0.05) is 56.3 Å². The number of hydrogen-bond donors (Lipinski definition) is 1. The lowest BCUT2D eigenvalue weighted by molar-refractivity contribution is -0.127. The molecule has 2 aromatic rings. The summed E-state index contributed by atoms with van der Waals surface area (Å²) in [6.45, 7) is 5.65. The van der Waals surface area contributed by atoms with Gasteiger partial charge in [-0.2, -0.15) is 4.31 Å². The van der Waals surface area contributed by atoms with Crippen molar-refractivity contribution >= 4 is 27.9 Å². The molecular weight excluding hydrogens is 462 g/mol. The predicted octanol–water partition coefficient (Wildman–Crippen LogP) is 3.47. The standard InChI is InChI=1S/C27H35N3O4S/c1-3-30(4-2)35(33,34)25-14-10-23(11-15-25)13-17-27(32)29-20-18-24(19-21-29)28-26(31)16-12-22-8-6-5-7-9-22/h5-11,13-15,17,24H,3-4,12,16,18-21H2,1-2H3,(H,28,31). The number of carbonyl (C=O) groups is 2. The average Bonchev–Trinajstić information content (AvgIpc) is 2.88. The van der Waals surface area contributed by atoms with Crippen molar-refractivity contribution < 1.29 is 18.0 Å². The summed E-state index contributed by atoms with van der Waals surface area (Å²) in [6, 6.07) is 16.6. The zero-order valence-corrected chi connectivity index (χ0v) is 21.3. The Morgan fingerprint density at radius 2 is 1.63 bits per heavy atom. The van der Waals surface area contributed by atoms with Gasteiger partial charge in [0.25, 0.3) is 0 Å². The van der Waals surface area contributed by atoms with Gasteiger partial charge >= 0.3 is 0 Å². The van der Waals surface area contributed by atoms with Crippen LogP contribution in [0.15, 0.2) is 65.6 Å². The van der Waals surface area contributed by atoms with E-state index in [1.54, 1.807) is 35.2 Å². The summed E-state index contributed by atoms with van der Waals surface area (Å²) in [5, 5.41) is 3.09. The molecule has 1 aliphatic heterocycles. The van der Waals surface area contributed by atoms with Gasteiger partial charge in [-0.15, -0.1) is 0 Å². The van der Waals surface area contributed by atoms with Crippen LogP contribution in [-0.2, 0) is 26.0 Å². The van der Waals surface area contributed by atoms with Crippen molar-refractivity contribution in [1.82, 2.24) is 14.5 Å². The van der Waals surface area contributed by atoms with Crippen LogP contribution in [-0.4, -0.2) is 61.7 Å². The highest BCUT2D eigenvalue weighted by Crippen LogP contribution is 2.17. The van der Waals surface area contributed by atoms with Gasteiger partial charge in [0, 0.05) is 44.7 Å². The van der Waals surface area contributed by atoms with E-state index in [0.29, 0.717) is 32.6 Å². The highest BCUT2D eigenvalue weighted by atomic mass is 32.2. The van der Waals surface area contributed by atoms with Gasteiger partial charge in [0.15, 0.2) is 0 Å². The Morgan fingerprint density at radius 1 is 1.00 bits per heavy atom. The summed E-state index contributed by atoms with van der Waals surface area (Å²) >= 11 is 0. The van der Waals surface area contributed by atoms with E-state index in [2.05, 4.69) is 5.32 Å².